The van der Waals surface area contributed by atoms with Gasteiger partial charge in [-0.25, -0.2) is 9.59 Å². The van der Waals surface area contributed by atoms with Crippen molar-refractivity contribution < 1.29 is 28.7 Å². The summed E-state index contributed by atoms with van der Waals surface area (Å²) < 4.78 is 10.0. The van der Waals surface area contributed by atoms with E-state index in [0.29, 0.717) is 13.0 Å². The van der Waals surface area contributed by atoms with Crippen molar-refractivity contribution in [1.29, 1.82) is 0 Å². The lowest BCUT2D eigenvalue weighted by atomic mass is 10.0. The summed E-state index contributed by atoms with van der Waals surface area (Å²) in [5.41, 5.74) is 0.526. The number of hydrogen-bond donors (Lipinski definition) is 1. The van der Waals surface area contributed by atoms with Crippen LogP contribution in [-0.4, -0.2) is 54.5 Å². The molecule has 1 heterocycles. The van der Waals surface area contributed by atoms with Crippen molar-refractivity contribution in [3.63, 3.8) is 0 Å². The molecule has 158 valence electrons. The zero-order valence-corrected chi connectivity index (χ0v) is 17.3. The van der Waals surface area contributed by atoms with Crippen molar-refractivity contribution >= 4 is 29.4 Å². The van der Waals surface area contributed by atoms with Crippen LogP contribution in [0.1, 0.15) is 61.3 Å². The first-order chi connectivity index (χ1) is 13.8. The van der Waals surface area contributed by atoms with Crippen LogP contribution in [0.4, 0.5) is 5.69 Å². The number of carbonyl (C=O) groups excluding carboxylic acids is 4. The number of esters is 2. The minimum atomic E-state index is -0.637. The summed E-state index contributed by atoms with van der Waals surface area (Å²) in [6.07, 6.45) is 1.16. The van der Waals surface area contributed by atoms with E-state index in [1.165, 1.54) is 18.2 Å². The minimum Gasteiger partial charge on any atom is -0.462 e. The molecule has 1 N–H and O–H groups in total. The molecule has 0 aromatic heterocycles. The van der Waals surface area contributed by atoms with Crippen LogP contribution in [0.2, 0.25) is 0 Å². The highest BCUT2D eigenvalue weighted by Gasteiger charge is 2.35. The van der Waals surface area contributed by atoms with Crippen LogP contribution in [0.5, 0.6) is 0 Å². The van der Waals surface area contributed by atoms with Crippen LogP contribution < -0.4 is 5.32 Å². The third kappa shape index (κ3) is 5.56. The molecule has 0 aliphatic carbocycles. The Kier molecular flexibility index (Phi) is 7.75. The van der Waals surface area contributed by atoms with Gasteiger partial charge < -0.3 is 19.7 Å². The van der Waals surface area contributed by atoms with E-state index in [2.05, 4.69) is 5.32 Å². The molecule has 1 fully saturated rings. The summed E-state index contributed by atoms with van der Waals surface area (Å²) in [5.74, 6) is -1.74. The highest BCUT2D eigenvalue weighted by molar-refractivity contribution is 6.01. The summed E-state index contributed by atoms with van der Waals surface area (Å²) in [5, 5.41) is 2.75. The number of carbonyl (C=O) groups is 4. The van der Waals surface area contributed by atoms with Crippen molar-refractivity contribution in [2.24, 2.45) is 5.92 Å². The maximum Gasteiger partial charge on any atom is 0.338 e. The molecule has 1 aromatic rings. The van der Waals surface area contributed by atoms with Crippen LogP contribution in [0.25, 0.3) is 0 Å². The third-order valence-electron chi connectivity index (χ3n) is 4.57. The van der Waals surface area contributed by atoms with E-state index in [1.807, 2.05) is 13.8 Å². The maximum absolute atomic E-state index is 13.0. The SMILES string of the molecule is CCOC(=O)c1cc(NC(=O)C(C(C)C)N2CCCC2=O)cc(C(=O)OCC)c1. The predicted octanol–water partition coefficient (Wildman–Crippen LogP) is 2.63. The molecule has 2 amide bonds. The van der Waals surface area contributed by atoms with Crippen molar-refractivity contribution in [1.82, 2.24) is 4.90 Å². The van der Waals surface area contributed by atoms with Crippen LogP contribution in [0, 0.1) is 5.92 Å². The molecule has 1 aliphatic heterocycles. The minimum absolute atomic E-state index is 0.0497. The van der Waals surface area contributed by atoms with E-state index in [9.17, 15) is 19.2 Å². The monoisotopic (exact) mass is 404 g/mol. The molecule has 8 heteroatoms. The molecular formula is C21H28N2O6. The van der Waals surface area contributed by atoms with Gasteiger partial charge in [0, 0.05) is 18.7 Å². The fourth-order valence-corrected chi connectivity index (χ4v) is 3.35. The molecule has 1 aliphatic rings. The van der Waals surface area contributed by atoms with E-state index >= 15 is 0 Å². The van der Waals surface area contributed by atoms with E-state index in [4.69, 9.17) is 9.47 Å². The number of nitrogens with one attached hydrogen (secondary N) is 1. The van der Waals surface area contributed by atoms with Gasteiger partial charge in [0.1, 0.15) is 6.04 Å². The van der Waals surface area contributed by atoms with Crippen LogP contribution in [-0.2, 0) is 19.1 Å². The van der Waals surface area contributed by atoms with Crippen molar-refractivity contribution in [2.75, 3.05) is 25.1 Å². The molecule has 0 spiro atoms. The molecule has 1 aromatic carbocycles. The Morgan fingerprint density at radius 1 is 1.03 bits per heavy atom. The molecule has 29 heavy (non-hydrogen) atoms. The van der Waals surface area contributed by atoms with Crippen LogP contribution in [0.3, 0.4) is 0 Å². The Morgan fingerprint density at radius 2 is 1.59 bits per heavy atom. The largest absolute Gasteiger partial charge is 0.462 e. The zero-order valence-electron chi connectivity index (χ0n) is 17.3. The van der Waals surface area contributed by atoms with Crippen molar-refractivity contribution in [2.45, 2.75) is 46.6 Å². The number of rotatable bonds is 8. The molecule has 0 radical (unpaired) electrons. The second-order valence-corrected chi connectivity index (χ2v) is 7.11. The van der Waals surface area contributed by atoms with Gasteiger partial charge in [-0.05, 0) is 44.4 Å². The fraction of sp³-hybridized carbons (Fsp3) is 0.524. The first-order valence-corrected chi connectivity index (χ1v) is 9.88. The van der Waals surface area contributed by atoms with Gasteiger partial charge in [-0.3, -0.25) is 9.59 Å². The summed E-state index contributed by atoms with van der Waals surface area (Å²) >= 11 is 0. The lowest BCUT2D eigenvalue weighted by molar-refractivity contribution is -0.136. The summed E-state index contributed by atoms with van der Waals surface area (Å²) in [4.78, 5) is 51.0. The van der Waals surface area contributed by atoms with E-state index < -0.39 is 18.0 Å². The van der Waals surface area contributed by atoms with Crippen LogP contribution in [0.15, 0.2) is 18.2 Å². The second kappa shape index (κ2) is 10.0. The van der Waals surface area contributed by atoms with Gasteiger partial charge in [0.15, 0.2) is 0 Å². The Labute approximate surface area is 170 Å². The number of benzene rings is 1. The first kappa shape index (κ1) is 22.4. The topological polar surface area (TPSA) is 102 Å². The summed E-state index contributed by atoms with van der Waals surface area (Å²) in [7, 11) is 0. The lowest BCUT2D eigenvalue weighted by Gasteiger charge is -2.30. The number of hydrogen-bond acceptors (Lipinski definition) is 6. The van der Waals surface area contributed by atoms with E-state index in [-0.39, 0.29) is 47.8 Å². The third-order valence-corrected chi connectivity index (χ3v) is 4.57. The van der Waals surface area contributed by atoms with Crippen LogP contribution >= 0.6 is 0 Å². The van der Waals surface area contributed by atoms with Gasteiger partial charge in [-0.15, -0.1) is 0 Å². The highest BCUT2D eigenvalue weighted by Crippen LogP contribution is 2.22. The Morgan fingerprint density at radius 3 is 2.00 bits per heavy atom. The van der Waals surface area contributed by atoms with Gasteiger partial charge in [-0.2, -0.15) is 0 Å². The Balaban J connectivity index is 2.33. The molecule has 1 atom stereocenters. The Bertz CT molecular complexity index is 753. The molecule has 0 saturated carbocycles. The fourth-order valence-electron chi connectivity index (χ4n) is 3.35. The average Bonchev–Trinajstić information content (AvgIpc) is 3.07. The summed E-state index contributed by atoms with van der Waals surface area (Å²) in [6, 6.07) is 3.63. The smallest absolute Gasteiger partial charge is 0.338 e. The predicted molar refractivity (Wildman–Crippen MR) is 107 cm³/mol. The normalized spacial score (nSPS) is 14.7. The van der Waals surface area contributed by atoms with Crippen molar-refractivity contribution in [3.8, 4) is 0 Å². The second-order valence-electron chi connectivity index (χ2n) is 7.11. The zero-order chi connectivity index (χ0) is 21.6. The molecule has 2 rings (SSSR count). The first-order valence-electron chi connectivity index (χ1n) is 9.88. The van der Waals surface area contributed by atoms with Gasteiger partial charge in [-0.1, -0.05) is 13.8 Å². The van der Waals surface area contributed by atoms with E-state index in [0.717, 1.165) is 6.42 Å². The van der Waals surface area contributed by atoms with Gasteiger partial charge in [0.2, 0.25) is 11.8 Å². The highest BCUT2D eigenvalue weighted by atomic mass is 16.5. The van der Waals surface area contributed by atoms with Gasteiger partial charge >= 0.3 is 11.9 Å². The molecular weight excluding hydrogens is 376 g/mol. The quantitative estimate of drug-likeness (QED) is 0.668. The number of anilines is 1. The molecule has 1 unspecified atom stereocenters. The number of amides is 2. The van der Waals surface area contributed by atoms with Crippen molar-refractivity contribution in [3.05, 3.63) is 29.3 Å². The summed E-state index contributed by atoms with van der Waals surface area (Å²) in [6.45, 7) is 7.98. The number of nitrogens with zero attached hydrogens (tertiary/aromatic N) is 1. The number of ether oxygens (including phenoxy) is 2. The van der Waals surface area contributed by atoms with E-state index in [1.54, 1.807) is 18.7 Å². The van der Waals surface area contributed by atoms with Gasteiger partial charge in [0.25, 0.3) is 0 Å². The standard InChI is InChI=1S/C21H28N2O6/c1-5-28-20(26)14-10-15(21(27)29-6-2)12-16(11-14)22-19(25)18(13(3)4)23-9-7-8-17(23)24/h10-13,18H,5-9H2,1-4H3,(H,22,25). The number of likely N-dealkylation sites (tertiary alicyclic amines) is 1. The maximum atomic E-state index is 13.0. The lowest BCUT2D eigenvalue weighted by Crippen LogP contribution is -2.48. The molecule has 0 bridgehead atoms. The Hall–Kier alpha value is -2.90. The molecule has 1 saturated heterocycles. The molecule has 8 nitrogen and oxygen atoms in total. The average molecular weight is 404 g/mol. The van der Waals surface area contributed by atoms with Gasteiger partial charge in [0.05, 0.1) is 24.3 Å².